The molecule has 2 atom stereocenters. The minimum atomic E-state index is -4.33. The van der Waals surface area contributed by atoms with Crippen molar-refractivity contribution in [3.63, 3.8) is 0 Å². The third kappa shape index (κ3) is 5.04. The van der Waals surface area contributed by atoms with Gasteiger partial charge in [0.15, 0.2) is 0 Å². The highest BCUT2D eigenvalue weighted by molar-refractivity contribution is 5.89. The molecule has 4 heterocycles. The zero-order chi connectivity index (χ0) is 24.6. The van der Waals surface area contributed by atoms with Crippen LogP contribution in [0.3, 0.4) is 0 Å². The highest BCUT2D eigenvalue weighted by Crippen LogP contribution is 2.38. The summed E-state index contributed by atoms with van der Waals surface area (Å²) in [6.07, 6.45) is -2.73. The molecule has 0 bridgehead atoms. The van der Waals surface area contributed by atoms with E-state index in [1.807, 2.05) is 19.1 Å². The van der Waals surface area contributed by atoms with E-state index in [0.717, 1.165) is 11.3 Å². The van der Waals surface area contributed by atoms with Crippen LogP contribution in [0.25, 0.3) is 16.5 Å². The number of hydrogen-bond donors (Lipinski definition) is 0. The van der Waals surface area contributed by atoms with Gasteiger partial charge in [0.05, 0.1) is 22.7 Å². The lowest BCUT2D eigenvalue weighted by Gasteiger charge is -2.30. The fraction of sp³-hybridized carbons (Fsp3) is 0.440. The van der Waals surface area contributed by atoms with Crippen LogP contribution in [-0.2, 0) is 11.8 Å². The monoisotopic (exact) mass is 472 g/mol. The number of hydrogen-bond acceptors (Lipinski definition) is 5. The first-order valence-corrected chi connectivity index (χ1v) is 11.2. The molecule has 3 aromatic heterocycles. The Balaban J connectivity index is 1.76. The Morgan fingerprint density at radius 1 is 1.26 bits per heavy atom. The van der Waals surface area contributed by atoms with Gasteiger partial charge in [0.25, 0.3) is 5.56 Å². The van der Waals surface area contributed by atoms with Crippen molar-refractivity contribution in [2.75, 3.05) is 6.61 Å². The van der Waals surface area contributed by atoms with Gasteiger partial charge in [-0.05, 0) is 62.4 Å². The van der Waals surface area contributed by atoms with E-state index in [4.69, 9.17) is 9.72 Å². The van der Waals surface area contributed by atoms with Gasteiger partial charge in [0.2, 0.25) is 0 Å². The first-order chi connectivity index (χ1) is 16.0. The molecule has 1 aliphatic rings. The van der Waals surface area contributed by atoms with Gasteiger partial charge in [-0.1, -0.05) is 6.58 Å². The molecule has 180 valence electrons. The van der Waals surface area contributed by atoms with Gasteiger partial charge in [-0.25, -0.2) is 4.98 Å². The fourth-order valence-electron chi connectivity index (χ4n) is 4.36. The number of nitrogens with zero attached hydrogens (tertiary/aromatic N) is 4. The van der Waals surface area contributed by atoms with Crippen molar-refractivity contribution in [3.8, 4) is 0 Å². The Morgan fingerprint density at radius 2 is 2.03 bits per heavy atom. The van der Waals surface area contributed by atoms with Crippen molar-refractivity contribution in [2.24, 2.45) is 7.05 Å². The summed E-state index contributed by atoms with van der Waals surface area (Å²) in [6.45, 7) is 8.01. The van der Waals surface area contributed by atoms with E-state index >= 15 is 0 Å². The quantitative estimate of drug-likeness (QED) is 0.502. The molecule has 0 unspecified atom stereocenters. The summed E-state index contributed by atoms with van der Waals surface area (Å²) in [5, 5.41) is 0.206. The van der Waals surface area contributed by atoms with Gasteiger partial charge in [-0.3, -0.25) is 19.3 Å². The van der Waals surface area contributed by atoms with E-state index < -0.39 is 12.6 Å². The van der Waals surface area contributed by atoms with Crippen LogP contribution in [0.5, 0.6) is 0 Å². The molecule has 3 aromatic rings. The molecule has 0 amide bonds. The Morgan fingerprint density at radius 3 is 2.74 bits per heavy atom. The molecular weight excluding hydrogens is 445 g/mol. The van der Waals surface area contributed by atoms with Crippen LogP contribution in [0.2, 0.25) is 0 Å². The number of aryl methyl sites for hydroxylation is 2. The summed E-state index contributed by atoms with van der Waals surface area (Å²) in [4.78, 5) is 26.5. The smallest absolute Gasteiger partial charge is 0.373 e. The van der Waals surface area contributed by atoms with Gasteiger partial charge in [0, 0.05) is 43.6 Å². The highest BCUT2D eigenvalue weighted by Gasteiger charge is 2.30. The molecule has 0 N–H and O–H groups in total. The summed E-state index contributed by atoms with van der Waals surface area (Å²) >= 11 is 0. The summed E-state index contributed by atoms with van der Waals surface area (Å²) in [7, 11) is 1.58. The molecule has 0 aromatic carbocycles. The third-order valence-electron chi connectivity index (χ3n) is 6.34. The van der Waals surface area contributed by atoms with Gasteiger partial charge < -0.3 is 4.74 Å². The van der Waals surface area contributed by atoms with Crippen LogP contribution in [0.15, 0.2) is 35.8 Å². The van der Waals surface area contributed by atoms with E-state index in [1.54, 1.807) is 26.2 Å². The lowest BCUT2D eigenvalue weighted by Crippen LogP contribution is -2.24. The van der Waals surface area contributed by atoms with Gasteiger partial charge >= 0.3 is 6.18 Å². The maximum Gasteiger partial charge on any atom is 0.389 e. The highest BCUT2D eigenvalue weighted by atomic mass is 19.4. The molecule has 0 radical (unpaired) electrons. The SMILES string of the molecule is C=C(CCC(F)(F)F)c1nc([C@H]2CCO[C@@H](c3ccnc(C)c3)C2)cc2nc(C)n(C)c(=O)c12. The molecule has 0 spiro atoms. The van der Waals surface area contributed by atoms with Gasteiger partial charge in [0.1, 0.15) is 5.82 Å². The van der Waals surface area contributed by atoms with Crippen LogP contribution in [0.4, 0.5) is 13.2 Å². The zero-order valence-corrected chi connectivity index (χ0v) is 19.4. The van der Waals surface area contributed by atoms with Crippen LogP contribution >= 0.6 is 0 Å². The second-order valence-electron chi connectivity index (χ2n) is 8.84. The molecule has 0 saturated carbocycles. The molecule has 1 saturated heterocycles. The van der Waals surface area contributed by atoms with Crippen molar-refractivity contribution in [1.29, 1.82) is 0 Å². The summed E-state index contributed by atoms with van der Waals surface area (Å²) < 4.78 is 46.0. The molecule has 34 heavy (non-hydrogen) atoms. The maximum atomic E-state index is 13.0. The lowest BCUT2D eigenvalue weighted by atomic mass is 9.88. The number of pyridine rings is 2. The third-order valence-corrected chi connectivity index (χ3v) is 6.34. The largest absolute Gasteiger partial charge is 0.389 e. The minimum absolute atomic E-state index is 0.00282. The van der Waals surface area contributed by atoms with Crippen molar-refractivity contribution >= 4 is 16.5 Å². The predicted octanol–water partition coefficient (Wildman–Crippen LogP) is 5.33. The van der Waals surface area contributed by atoms with E-state index in [1.165, 1.54) is 4.57 Å². The van der Waals surface area contributed by atoms with E-state index in [2.05, 4.69) is 16.5 Å². The standard InChI is InChI=1S/C25H27F3N4O2/c1-14(5-8-25(26,27)28)23-22-20(30-16(3)32(4)24(22)33)13-19(31-23)17-7-10-34-21(12-17)18-6-9-29-15(2)11-18/h6,9,11,13,17,21H,1,5,7-8,10,12H2,2-4H3/t17-,21+/m0/s1. The topological polar surface area (TPSA) is 69.9 Å². The van der Waals surface area contributed by atoms with Crippen molar-refractivity contribution in [1.82, 2.24) is 19.5 Å². The Bertz CT molecular complexity index is 1300. The molecule has 1 fully saturated rings. The number of ether oxygens (including phenoxy) is 1. The predicted molar refractivity (Wildman–Crippen MR) is 123 cm³/mol. The van der Waals surface area contributed by atoms with E-state index in [-0.39, 0.29) is 40.7 Å². The molecule has 1 aliphatic heterocycles. The van der Waals surface area contributed by atoms with Crippen molar-refractivity contribution < 1.29 is 17.9 Å². The first-order valence-electron chi connectivity index (χ1n) is 11.2. The second kappa shape index (κ2) is 9.29. The Kier molecular flexibility index (Phi) is 6.58. The normalized spacial score (nSPS) is 18.9. The number of rotatable bonds is 5. The van der Waals surface area contributed by atoms with E-state index in [0.29, 0.717) is 36.5 Å². The van der Waals surface area contributed by atoms with Crippen LogP contribution in [0.1, 0.15) is 66.2 Å². The molecular formula is C25H27F3N4O2. The first kappa shape index (κ1) is 24.1. The lowest BCUT2D eigenvalue weighted by molar-refractivity contribution is -0.133. The summed E-state index contributed by atoms with van der Waals surface area (Å²) in [5.74, 6) is 0.510. The van der Waals surface area contributed by atoms with E-state index in [9.17, 15) is 18.0 Å². The molecule has 6 nitrogen and oxygen atoms in total. The molecule has 0 aliphatic carbocycles. The Hall–Kier alpha value is -3.07. The average Bonchev–Trinajstić information content (AvgIpc) is 2.80. The van der Waals surface area contributed by atoms with Crippen molar-refractivity contribution in [2.45, 2.75) is 57.7 Å². The average molecular weight is 473 g/mol. The number of halogens is 3. The van der Waals surface area contributed by atoms with Crippen LogP contribution in [0, 0.1) is 13.8 Å². The molecule has 9 heteroatoms. The summed E-state index contributed by atoms with van der Waals surface area (Å²) in [6, 6.07) is 5.70. The summed E-state index contributed by atoms with van der Waals surface area (Å²) in [5.41, 5.74) is 3.07. The maximum absolute atomic E-state index is 13.0. The minimum Gasteiger partial charge on any atom is -0.373 e. The van der Waals surface area contributed by atoms with Crippen LogP contribution in [-0.4, -0.2) is 32.3 Å². The number of fused-ring (bicyclic) bond motifs is 1. The van der Waals surface area contributed by atoms with Gasteiger partial charge in [-0.2, -0.15) is 13.2 Å². The zero-order valence-electron chi connectivity index (χ0n) is 19.4. The Labute approximate surface area is 195 Å². The number of aromatic nitrogens is 4. The fourth-order valence-corrected chi connectivity index (χ4v) is 4.36. The molecule has 4 rings (SSSR count). The number of alkyl halides is 3. The van der Waals surface area contributed by atoms with Crippen LogP contribution < -0.4 is 5.56 Å². The second-order valence-corrected chi connectivity index (χ2v) is 8.84. The van der Waals surface area contributed by atoms with Crippen molar-refractivity contribution in [3.05, 3.63) is 69.8 Å². The van der Waals surface area contributed by atoms with Gasteiger partial charge in [-0.15, -0.1) is 0 Å². The number of allylic oxidation sites excluding steroid dienone is 1.